The van der Waals surface area contributed by atoms with Crippen molar-refractivity contribution in [2.24, 2.45) is 5.73 Å². The van der Waals surface area contributed by atoms with Crippen LogP contribution in [0.15, 0.2) is 30.3 Å². The van der Waals surface area contributed by atoms with Crippen molar-refractivity contribution in [2.45, 2.75) is 123 Å². The van der Waals surface area contributed by atoms with Crippen molar-refractivity contribution in [3.05, 3.63) is 35.9 Å². The Balaban J connectivity index is 0. The molecule has 0 aromatic heterocycles. The summed E-state index contributed by atoms with van der Waals surface area (Å²) in [6.07, 6.45) is 23.0. The molecule has 0 aliphatic heterocycles. The Kier molecular flexibility index (Phi) is 26.3. The summed E-state index contributed by atoms with van der Waals surface area (Å²) in [6.45, 7) is 8.00. The first kappa shape index (κ1) is 33.6. The van der Waals surface area contributed by atoms with Gasteiger partial charge in [-0.1, -0.05) is 121 Å². The maximum atomic E-state index is 5.35. The Bertz CT molecular complexity index is 439. The molecule has 32 heavy (non-hydrogen) atoms. The smallest absolute Gasteiger partial charge is 0.0782 e. The van der Waals surface area contributed by atoms with E-state index in [1.54, 1.807) is 0 Å². The summed E-state index contributed by atoms with van der Waals surface area (Å²) in [6, 6.07) is 9.99. The molecule has 0 atom stereocenters. The van der Waals surface area contributed by atoms with E-state index in [1.165, 1.54) is 126 Å². The van der Waals surface area contributed by atoms with E-state index in [-0.39, 0.29) is 12.4 Å². The highest BCUT2D eigenvalue weighted by Crippen LogP contribution is 2.13. The third-order valence-electron chi connectivity index (χ3n) is 6.31. The van der Waals surface area contributed by atoms with E-state index < -0.39 is 0 Å². The second-order valence-electron chi connectivity index (χ2n) is 10.0. The molecular weight excluding hydrogens is 412 g/mol. The third-order valence-corrected chi connectivity index (χ3v) is 6.31. The van der Waals surface area contributed by atoms with Gasteiger partial charge < -0.3 is 10.2 Å². The van der Waals surface area contributed by atoms with Gasteiger partial charge in [-0.2, -0.15) is 0 Å². The minimum atomic E-state index is 0. The molecule has 1 aromatic rings. The summed E-state index contributed by atoms with van der Waals surface area (Å²) in [5, 5.41) is 0. The summed E-state index contributed by atoms with van der Waals surface area (Å²) >= 11 is 0. The molecule has 1 rings (SSSR count). The Labute approximate surface area is 208 Å². The number of hydrogen-bond acceptors (Lipinski definition) is 1. The van der Waals surface area contributed by atoms with Crippen LogP contribution in [0, 0.1) is 0 Å². The molecule has 0 fully saturated rings. The maximum absolute atomic E-state index is 5.35. The first-order valence-corrected chi connectivity index (χ1v) is 13.6. The fourth-order valence-electron chi connectivity index (χ4n) is 4.07. The molecule has 2 N–H and O–H groups in total. The number of nitrogens with zero attached hydrogens (tertiary/aromatic N) is 1. The molecule has 0 spiro atoms. The molecule has 2 nitrogen and oxygen atoms in total. The first-order valence-electron chi connectivity index (χ1n) is 13.6. The highest BCUT2D eigenvalue weighted by atomic mass is 35.5. The molecule has 190 valence electrons. The molecule has 0 aliphatic rings. The summed E-state index contributed by atoms with van der Waals surface area (Å²) in [4.78, 5) is 0. The quantitative estimate of drug-likeness (QED) is 0.159. The normalized spacial score (nSPS) is 10.9. The standard InChI is InChI=1S/C22H48N.C7H9N.ClH/c1-5-7-9-11-13-15-17-19-21-23(3,4)22-20-18-16-14-12-10-8-6-2;8-6-7-4-2-1-3-5-7;/h5-22H2,1-4H3;1-5H,6,8H2;1H/q+1;;. The predicted molar refractivity (Wildman–Crippen MR) is 149 cm³/mol. The lowest BCUT2D eigenvalue weighted by Crippen LogP contribution is -2.41. The van der Waals surface area contributed by atoms with Crippen molar-refractivity contribution in [3.63, 3.8) is 0 Å². The van der Waals surface area contributed by atoms with Crippen molar-refractivity contribution in [1.82, 2.24) is 0 Å². The van der Waals surface area contributed by atoms with Crippen LogP contribution in [0.3, 0.4) is 0 Å². The minimum absolute atomic E-state index is 0. The third kappa shape index (κ3) is 24.1. The Morgan fingerprint density at radius 2 is 0.906 bits per heavy atom. The second kappa shape index (κ2) is 25.1. The number of nitrogens with two attached hydrogens (primary N) is 1. The highest BCUT2D eigenvalue weighted by molar-refractivity contribution is 5.85. The summed E-state index contributed by atoms with van der Waals surface area (Å²) in [5.74, 6) is 0. The number of hydrogen-bond donors (Lipinski definition) is 1. The zero-order valence-electron chi connectivity index (χ0n) is 22.3. The zero-order chi connectivity index (χ0) is 23.0. The van der Waals surface area contributed by atoms with E-state index in [1.807, 2.05) is 30.3 Å². The van der Waals surface area contributed by atoms with Crippen molar-refractivity contribution < 1.29 is 4.48 Å². The van der Waals surface area contributed by atoms with Gasteiger partial charge in [0.2, 0.25) is 0 Å². The molecule has 3 heteroatoms. The van der Waals surface area contributed by atoms with Gasteiger partial charge in [-0.3, -0.25) is 0 Å². The van der Waals surface area contributed by atoms with Gasteiger partial charge in [0.15, 0.2) is 0 Å². The van der Waals surface area contributed by atoms with Crippen LogP contribution in [-0.2, 0) is 6.54 Å². The van der Waals surface area contributed by atoms with Crippen molar-refractivity contribution in [3.8, 4) is 0 Å². The molecule has 0 radical (unpaired) electrons. The van der Waals surface area contributed by atoms with Crippen LogP contribution in [0.2, 0.25) is 0 Å². The lowest BCUT2D eigenvalue weighted by Gasteiger charge is -2.30. The van der Waals surface area contributed by atoms with Crippen molar-refractivity contribution in [1.29, 1.82) is 0 Å². The fourth-order valence-corrected chi connectivity index (χ4v) is 4.07. The molecule has 0 amide bonds. The van der Waals surface area contributed by atoms with Gasteiger partial charge in [0.05, 0.1) is 27.2 Å². The number of benzene rings is 1. The maximum Gasteiger partial charge on any atom is 0.0782 e. The van der Waals surface area contributed by atoms with E-state index in [4.69, 9.17) is 5.73 Å². The molecule has 0 unspecified atom stereocenters. The minimum Gasteiger partial charge on any atom is -0.328 e. The van der Waals surface area contributed by atoms with Gasteiger partial charge in [-0.05, 0) is 31.2 Å². The van der Waals surface area contributed by atoms with Crippen LogP contribution in [0.1, 0.15) is 122 Å². The van der Waals surface area contributed by atoms with E-state index in [2.05, 4.69) is 27.9 Å². The van der Waals surface area contributed by atoms with Crippen LogP contribution in [0.5, 0.6) is 0 Å². The first-order chi connectivity index (χ1) is 15.1. The topological polar surface area (TPSA) is 26.0 Å². The van der Waals surface area contributed by atoms with Crippen LogP contribution in [-0.4, -0.2) is 31.7 Å². The second-order valence-corrected chi connectivity index (χ2v) is 10.0. The molecule has 0 saturated carbocycles. The Morgan fingerprint density at radius 1 is 0.562 bits per heavy atom. The average molecular weight is 470 g/mol. The number of rotatable bonds is 19. The van der Waals surface area contributed by atoms with Gasteiger partial charge in [-0.15, -0.1) is 12.4 Å². The molecule has 0 aliphatic carbocycles. The average Bonchev–Trinajstić information content (AvgIpc) is 2.78. The van der Waals surface area contributed by atoms with Gasteiger partial charge in [0.1, 0.15) is 0 Å². The number of unbranched alkanes of at least 4 members (excludes halogenated alkanes) is 14. The molecule has 0 bridgehead atoms. The van der Waals surface area contributed by atoms with Crippen LogP contribution >= 0.6 is 12.4 Å². The summed E-state index contributed by atoms with van der Waals surface area (Å²) in [5.41, 5.74) is 6.54. The van der Waals surface area contributed by atoms with Gasteiger partial charge in [0.25, 0.3) is 0 Å². The van der Waals surface area contributed by atoms with Crippen molar-refractivity contribution in [2.75, 3.05) is 27.2 Å². The monoisotopic (exact) mass is 469 g/mol. The lowest BCUT2D eigenvalue weighted by molar-refractivity contribution is -0.890. The molecule has 0 heterocycles. The van der Waals surface area contributed by atoms with Crippen LogP contribution in [0.4, 0.5) is 0 Å². The van der Waals surface area contributed by atoms with E-state index in [9.17, 15) is 0 Å². The van der Waals surface area contributed by atoms with Gasteiger partial charge in [-0.25, -0.2) is 0 Å². The van der Waals surface area contributed by atoms with Gasteiger partial charge in [0, 0.05) is 6.54 Å². The Morgan fingerprint density at radius 3 is 1.22 bits per heavy atom. The van der Waals surface area contributed by atoms with Crippen LogP contribution in [0.25, 0.3) is 0 Å². The zero-order valence-corrected chi connectivity index (χ0v) is 23.1. The largest absolute Gasteiger partial charge is 0.328 e. The SMILES string of the molecule is CCCCCCCCCC[N+](C)(C)CCCCCCCCCC.Cl.NCc1ccccc1. The summed E-state index contributed by atoms with van der Waals surface area (Å²) < 4.78 is 1.24. The Hall–Kier alpha value is -0.570. The number of halogens is 1. The fraction of sp³-hybridized carbons (Fsp3) is 0.793. The predicted octanol–water partition coefficient (Wildman–Crippen LogP) is 8.91. The van der Waals surface area contributed by atoms with Crippen molar-refractivity contribution >= 4 is 12.4 Å². The molecule has 0 saturated heterocycles. The van der Waals surface area contributed by atoms with E-state index in [0.29, 0.717) is 6.54 Å². The summed E-state index contributed by atoms with van der Waals surface area (Å²) in [7, 11) is 4.87. The highest BCUT2D eigenvalue weighted by Gasteiger charge is 2.13. The molecular formula is C29H58ClN2+. The lowest BCUT2D eigenvalue weighted by atomic mass is 10.1. The van der Waals surface area contributed by atoms with E-state index in [0.717, 1.165) is 0 Å². The van der Waals surface area contributed by atoms with Gasteiger partial charge >= 0.3 is 0 Å². The number of quaternary nitrogens is 1. The van der Waals surface area contributed by atoms with E-state index >= 15 is 0 Å². The van der Waals surface area contributed by atoms with Crippen LogP contribution < -0.4 is 5.73 Å². The molecule has 1 aromatic carbocycles.